The topological polar surface area (TPSA) is 12.9 Å². The summed E-state index contributed by atoms with van der Waals surface area (Å²) in [6, 6.07) is 20.8. The summed E-state index contributed by atoms with van der Waals surface area (Å²) in [5.41, 5.74) is 6.54. The van der Waals surface area contributed by atoms with E-state index in [-0.39, 0.29) is 0 Å². The highest BCUT2D eigenvalue weighted by Crippen LogP contribution is 2.24. The zero-order valence-corrected chi connectivity index (χ0v) is 16.9. The van der Waals surface area contributed by atoms with Crippen molar-refractivity contribution < 1.29 is 4.39 Å². The Bertz CT molecular complexity index is 972. The summed E-state index contributed by atoms with van der Waals surface area (Å²) in [5.74, 6) is 6.28. The molecule has 29 heavy (non-hydrogen) atoms. The largest absolute Gasteiger partial charge is 0.256 e. The third-order valence-corrected chi connectivity index (χ3v) is 4.74. The van der Waals surface area contributed by atoms with Crippen LogP contribution in [0.25, 0.3) is 22.4 Å². The van der Waals surface area contributed by atoms with Crippen LogP contribution in [-0.2, 0) is 6.42 Å². The normalized spacial score (nSPS) is 11.4. The lowest BCUT2D eigenvalue weighted by Crippen LogP contribution is -1.90. The van der Waals surface area contributed by atoms with Crippen molar-refractivity contribution in [2.75, 3.05) is 0 Å². The fraction of sp³-hybridized carbons (Fsp3) is 0.222. The second-order valence-electron chi connectivity index (χ2n) is 7.17. The third-order valence-electron chi connectivity index (χ3n) is 4.74. The third kappa shape index (κ3) is 6.16. The van der Waals surface area contributed by atoms with Crippen molar-refractivity contribution in [1.82, 2.24) is 4.98 Å². The van der Waals surface area contributed by atoms with Gasteiger partial charge in [-0.25, -0.2) is 4.39 Å². The van der Waals surface area contributed by atoms with Crippen molar-refractivity contribution in [3.05, 3.63) is 90.6 Å². The number of benzene rings is 2. The molecule has 3 aromatic rings. The molecule has 0 fully saturated rings. The minimum absolute atomic E-state index is 0.581. The molecule has 0 aliphatic carbocycles. The molecule has 0 saturated carbocycles. The van der Waals surface area contributed by atoms with Crippen LogP contribution in [0.2, 0.25) is 0 Å². The van der Waals surface area contributed by atoms with E-state index in [1.165, 1.54) is 5.56 Å². The number of rotatable bonds is 7. The lowest BCUT2D eigenvalue weighted by molar-refractivity contribution is 0.336. The summed E-state index contributed by atoms with van der Waals surface area (Å²) in [6.07, 6.45) is 6.01. The molecule has 1 aromatic heterocycles. The number of aromatic nitrogens is 1. The minimum Gasteiger partial charge on any atom is -0.256 e. The summed E-state index contributed by atoms with van der Waals surface area (Å²) < 4.78 is 12.8. The van der Waals surface area contributed by atoms with Gasteiger partial charge in [-0.3, -0.25) is 4.98 Å². The maximum Gasteiger partial charge on any atom is 0.0973 e. The van der Waals surface area contributed by atoms with Crippen LogP contribution in [-0.4, -0.2) is 11.2 Å². The number of nitrogens with zero attached hydrogens (tertiary/aromatic N) is 1. The zero-order chi connectivity index (χ0) is 20.5. The molecule has 1 atom stereocenters. The Balaban J connectivity index is 1.64. The quantitative estimate of drug-likeness (QED) is 0.243. The van der Waals surface area contributed by atoms with Crippen LogP contribution < -0.4 is 0 Å². The molecule has 0 amide bonds. The number of hydrogen-bond acceptors (Lipinski definition) is 1. The maximum atomic E-state index is 12.8. The minimum atomic E-state index is -0.741. The highest BCUT2D eigenvalue weighted by Gasteiger charge is 2.02. The molecule has 3 rings (SSSR count). The van der Waals surface area contributed by atoms with Crippen LogP contribution in [0, 0.1) is 11.8 Å². The van der Waals surface area contributed by atoms with Crippen molar-refractivity contribution in [3.8, 4) is 34.2 Å². The van der Waals surface area contributed by atoms with E-state index in [0.29, 0.717) is 6.42 Å². The van der Waals surface area contributed by atoms with E-state index in [1.807, 2.05) is 24.4 Å². The van der Waals surface area contributed by atoms with Crippen molar-refractivity contribution in [2.45, 2.75) is 38.8 Å². The Labute approximate surface area is 173 Å². The standard InChI is InChI=1S/C27H26FN/c1-3-7-23-12-19-27(29-20-23)26-17-15-25(16-18-26)24-13-10-22(11-14-24)9-6-4-5-8-21(2)28/h3,10-21H,1,4-5,7-8H2,2H3. The fourth-order valence-corrected chi connectivity index (χ4v) is 3.10. The first-order chi connectivity index (χ1) is 14.2. The lowest BCUT2D eigenvalue weighted by Gasteiger charge is -2.05. The first kappa shape index (κ1) is 20.6. The van der Waals surface area contributed by atoms with Gasteiger partial charge < -0.3 is 0 Å². The average molecular weight is 384 g/mol. The van der Waals surface area contributed by atoms with Gasteiger partial charge in [-0.05, 0) is 61.1 Å². The highest BCUT2D eigenvalue weighted by molar-refractivity contribution is 5.69. The van der Waals surface area contributed by atoms with E-state index >= 15 is 0 Å². The second-order valence-corrected chi connectivity index (χ2v) is 7.17. The smallest absolute Gasteiger partial charge is 0.0973 e. The van der Waals surface area contributed by atoms with Crippen molar-refractivity contribution >= 4 is 0 Å². The Morgan fingerprint density at radius 1 is 0.966 bits per heavy atom. The van der Waals surface area contributed by atoms with Gasteiger partial charge in [-0.1, -0.05) is 60.4 Å². The molecule has 0 N–H and O–H groups in total. The predicted molar refractivity (Wildman–Crippen MR) is 120 cm³/mol. The Morgan fingerprint density at radius 3 is 2.21 bits per heavy atom. The predicted octanol–water partition coefficient (Wildman–Crippen LogP) is 7.02. The molecule has 1 heterocycles. The van der Waals surface area contributed by atoms with Crippen LogP contribution >= 0.6 is 0 Å². The van der Waals surface area contributed by atoms with Gasteiger partial charge in [-0.2, -0.15) is 0 Å². The van der Waals surface area contributed by atoms with Gasteiger partial charge in [0, 0.05) is 23.7 Å². The van der Waals surface area contributed by atoms with Gasteiger partial charge >= 0.3 is 0 Å². The first-order valence-electron chi connectivity index (χ1n) is 10.1. The molecule has 0 aliphatic heterocycles. The van der Waals surface area contributed by atoms with Gasteiger partial charge in [0.05, 0.1) is 11.9 Å². The van der Waals surface area contributed by atoms with E-state index in [2.05, 4.69) is 71.9 Å². The molecule has 0 bridgehead atoms. The average Bonchev–Trinajstić information content (AvgIpc) is 2.75. The monoisotopic (exact) mass is 383 g/mol. The SMILES string of the molecule is C=CCc1ccc(-c2ccc(-c3ccc(C#CCCCC(C)F)cc3)cc2)nc1. The van der Waals surface area contributed by atoms with Crippen LogP contribution in [0.1, 0.15) is 37.3 Å². The van der Waals surface area contributed by atoms with Gasteiger partial charge in [0.25, 0.3) is 0 Å². The number of hydrogen-bond donors (Lipinski definition) is 0. The van der Waals surface area contributed by atoms with Crippen molar-refractivity contribution in [1.29, 1.82) is 0 Å². The molecule has 0 aliphatic rings. The molecule has 0 spiro atoms. The van der Waals surface area contributed by atoms with Crippen LogP contribution in [0.15, 0.2) is 79.5 Å². The number of alkyl halides is 1. The molecular weight excluding hydrogens is 357 g/mol. The van der Waals surface area contributed by atoms with Gasteiger partial charge in [0.2, 0.25) is 0 Å². The Morgan fingerprint density at radius 2 is 1.62 bits per heavy atom. The van der Waals surface area contributed by atoms with E-state index in [9.17, 15) is 4.39 Å². The highest BCUT2D eigenvalue weighted by atomic mass is 19.1. The van der Waals surface area contributed by atoms with Gasteiger partial charge in [-0.15, -0.1) is 6.58 Å². The van der Waals surface area contributed by atoms with Crippen molar-refractivity contribution in [2.24, 2.45) is 0 Å². The Kier molecular flexibility index (Phi) is 7.36. The van der Waals surface area contributed by atoms with Crippen LogP contribution in [0.3, 0.4) is 0 Å². The second kappa shape index (κ2) is 10.4. The van der Waals surface area contributed by atoms with Crippen LogP contribution in [0.5, 0.6) is 0 Å². The lowest BCUT2D eigenvalue weighted by atomic mass is 10.0. The number of pyridine rings is 1. The van der Waals surface area contributed by atoms with Gasteiger partial charge in [0.1, 0.15) is 0 Å². The molecule has 146 valence electrons. The molecule has 0 saturated heterocycles. The molecule has 1 nitrogen and oxygen atoms in total. The van der Waals surface area contributed by atoms with Crippen LogP contribution in [0.4, 0.5) is 4.39 Å². The number of unbranched alkanes of at least 4 members (excludes halogenated alkanes) is 1. The van der Waals surface area contributed by atoms with Gasteiger partial charge in [0.15, 0.2) is 0 Å². The number of allylic oxidation sites excluding steroid dienone is 1. The number of halogens is 1. The summed E-state index contributed by atoms with van der Waals surface area (Å²) in [6.45, 7) is 5.35. The van der Waals surface area contributed by atoms with Crippen molar-refractivity contribution in [3.63, 3.8) is 0 Å². The molecular formula is C27H26FN. The molecule has 2 aromatic carbocycles. The molecule has 1 unspecified atom stereocenters. The summed E-state index contributed by atoms with van der Waals surface area (Å²) in [5, 5.41) is 0. The molecule has 2 heteroatoms. The first-order valence-corrected chi connectivity index (χ1v) is 10.1. The van der Waals surface area contributed by atoms with E-state index < -0.39 is 6.17 Å². The summed E-state index contributed by atoms with van der Waals surface area (Å²) in [4.78, 5) is 4.55. The molecule has 0 radical (unpaired) electrons. The van der Waals surface area contributed by atoms with E-state index in [1.54, 1.807) is 6.92 Å². The summed E-state index contributed by atoms with van der Waals surface area (Å²) >= 11 is 0. The fourth-order valence-electron chi connectivity index (χ4n) is 3.10. The zero-order valence-electron chi connectivity index (χ0n) is 16.9. The summed E-state index contributed by atoms with van der Waals surface area (Å²) in [7, 11) is 0. The van der Waals surface area contributed by atoms with E-state index in [0.717, 1.165) is 47.2 Å². The maximum absolute atomic E-state index is 12.8. The van der Waals surface area contributed by atoms with E-state index in [4.69, 9.17) is 0 Å². The Hall–Kier alpha value is -3.18.